The van der Waals surface area contributed by atoms with Crippen molar-refractivity contribution in [3.63, 3.8) is 0 Å². The van der Waals surface area contributed by atoms with E-state index in [0.717, 1.165) is 0 Å². The van der Waals surface area contributed by atoms with Gasteiger partial charge in [0.1, 0.15) is 0 Å². The number of aromatic nitrogens is 2. The van der Waals surface area contributed by atoms with Crippen LogP contribution in [0.2, 0.25) is 0 Å². The summed E-state index contributed by atoms with van der Waals surface area (Å²) < 4.78 is 4.15. The van der Waals surface area contributed by atoms with Crippen molar-refractivity contribution in [3.8, 4) is 0 Å². The van der Waals surface area contributed by atoms with Crippen LogP contribution in [0.3, 0.4) is 0 Å². The summed E-state index contributed by atoms with van der Waals surface area (Å²) >= 11 is 5.20. The molecule has 0 bridgehead atoms. The number of rotatable bonds is 2. The first-order valence-electron chi connectivity index (χ1n) is 2.22. The molecule has 0 saturated carbocycles. The topological polar surface area (TPSA) is 95.0 Å². The van der Waals surface area contributed by atoms with E-state index in [2.05, 4.69) is 14.9 Å². The minimum Gasteiger partial charge on any atom is -0.290 e. The van der Waals surface area contributed by atoms with Crippen LogP contribution in [0.15, 0.2) is 4.63 Å². The first kappa shape index (κ1) is 6.97. The van der Waals surface area contributed by atoms with Crippen molar-refractivity contribution in [2.45, 2.75) is 0 Å². The van der Waals surface area contributed by atoms with E-state index in [1.54, 1.807) is 5.48 Å². The monoisotopic (exact) mass is 162 g/mol. The predicted molar refractivity (Wildman–Crippen MR) is 32.4 cm³/mol. The molecule has 0 aromatic carbocycles. The number of nitrogens with one attached hydrogen (secondary N) is 2. The van der Waals surface area contributed by atoms with Crippen LogP contribution in [0.25, 0.3) is 0 Å². The molecule has 0 fully saturated rings. The number of hydrogen-bond acceptors (Lipinski definition) is 6. The predicted octanol–water partition coefficient (Wildman–Crippen LogP) is 0.435. The molecule has 1 aromatic heterocycles. The van der Waals surface area contributed by atoms with Crippen molar-refractivity contribution in [1.29, 1.82) is 5.41 Å². The molecule has 1 rings (SSSR count). The zero-order valence-electron chi connectivity index (χ0n) is 4.63. The third-order valence-corrected chi connectivity index (χ3v) is 0.981. The van der Waals surface area contributed by atoms with Crippen molar-refractivity contribution >= 4 is 22.6 Å². The summed E-state index contributed by atoms with van der Waals surface area (Å²) in [5, 5.41) is 21.2. The van der Waals surface area contributed by atoms with Crippen LogP contribution >= 0.6 is 11.6 Å². The van der Waals surface area contributed by atoms with Crippen molar-refractivity contribution in [3.05, 3.63) is 5.69 Å². The highest BCUT2D eigenvalue weighted by Gasteiger charge is 2.11. The van der Waals surface area contributed by atoms with Crippen LogP contribution in [0.5, 0.6) is 0 Å². The molecule has 1 aromatic rings. The first-order valence-corrected chi connectivity index (χ1v) is 2.60. The van der Waals surface area contributed by atoms with Crippen LogP contribution in [-0.4, -0.2) is 20.7 Å². The van der Waals surface area contributed by atoms with Crippen LogP contribution in [0, 0.1) is 5.41 Å². The van der Waals surface area contributed by atoms with Crippen LogP contribution in [0.4, 0.5) is 5.82 Å². The summed E-state index contributed by atoms with van der Waals surface area (Å²) in [7, 11) is 0. The molecule has 0 aliphatic carbocycles. The van der Waals surface area contributed by atoms with Gasteiger partial charge in [-0.05, 0) is 10.3 Å². The van der Waals surface area contributed by atoms with Gasteiger partial charge in [0.25, 0.3) is 0 Å². The summed E-state index contributed by atoms with van der Waals surface area (Å²) in [5.41, 5.74) is 1.64. The fraction of sp³-hybridized carbons (Fsp3) is 0. The van der Waals surface area contributed by atoms with Crippen molar-refractivity contribution in [1.82, 2.24) is 10.3 Å². The Hall–Kier alpha value is -1.14. The van der Waals surface area contributed by atoms with Gasteiger partial charge in [-0.25, -0.2) is 10.1 Å². The van der Waals surface area contributed by atoms with E-state index in [4.69, 9.17) is 22.2 Å². The second-order valence-corrected chi connectivity index (χ2v) is 1.77. The molecule has 0 aliphatic rings. The molecule has 1 heterocycles. The van der Waals surface area contributed by atoms with E-state index in [0.29, 0.717) is 0 Å². The highest BCUT2D eigenvalue weighted by atomic mass is 35.5. The molecular weight excluding hydrogens is 160 g/mol. The van der Waals surface area contributed by atoms with Gasteiger partial charge in [0, 0.05) is 0 Å². The lowest BCUT2D eigenvalue weighted by molar-refractivity contribution is 0.301. The molecular formula is C3H3ClN4O2. The van der Waals surface area contributed by atoms with E-state index in [1.165, 1.54) is 0 Å². The Balaban J connectivity index is 3.01. The molecule has 0 atom stereocenters. The Kier molecular flexibility index (Phi) is 1.83. The van der Waals surface area contributed by atoms with Gasteiger partial charge in [-0.3, -0.25) is 10.6 Å². The Labute approximate surface area is 60.2 Å². The SMILES string of the molecule is N=C(Cl)c1nonc1NO. The number of anilines is 1. The van der Waals surface area contributed by atoms with E-state index in [1.807, 2.05) is 0 Å². The maximum atomic E-state index is 8.29. The van der Waals surface area contributed by atoms with E-state index >= 15 is 0 Å². The average molecular weight is 163 g/mol. The minimum atomic E-state index is -0.349. The van der Waals surface area contributed by atoms with Crippen molar-refractivity contribution < 1.29 is 9.84 Å². The maximum Gasteiger partial charge on any atom is 0.224 e. The highest BCUT2D eigenvalue weighted by Crippen LogP contribution is 2.09. The molecule has 6 nitrogen and oxygen atoms in total. The Morgan fingerprint density at radius 2 is 2.40 bits per heavy atom. The summed E-state index contributed by atoms with van der Waals surface area (Å²) in [6.07, 6.45) is 0. The normalized spacial score (nSPS) is 9.40. The summed E-state index contributed by atoms with van der Waals surface area (Å²) in [5.74, 6) is -0.0694. The van der Waals surface area contributed by atoms with Gasteiger partial charge in [-0.2, -0.15) is 0 Å². The van der Waals surface area contributed by atoms with Gasteiger partial charge in [0.05, 0.1) is 0 Å². The number of halogens is 1. The fourth-order valence-corrected chi connectivity index (χ4v) is 0.530. The highest BCUT2D eigenvalue weighted by molar-refractivity contribution is 6.68. The van der Waals surface area contributed by atoms with Gasteiger partial charge in [-0.1, -0.05) is 11.6 Å². The molecule has 7 heteroatoms. The second kappa shape index (κ2) is 2.63. The van der Waals surface area contributed by atoms with Crippen molar-refractivity contribution in [2.75, 3.05) is 5.48 Å². The lowest BCUT2D eigenvalue weighted by Gasteiger charge is -1.89. The Morgan fingerprint density at radius 1 is 1.70 bits per heavy atom. The fourth-order valence-electron chi connectivity index (χ4n) is 0.406. The van der Waals surface area contributed by atoms with Crippen LogP contribution < -0.4 is 5.48 Å². The van der Waals surface area contributed by atoms with E-state index in [-0.39, 0.29) is 16.7 Å². The van der Waals surface area contributed by atoms with Gasteiger partial charge in [-0.15, -0.1) is 0 Å². The molecule has 0 unspecified atom stereocenters. The lowest BCUT2D eigenvalue weighted by Crippen LogP contribution is -1.97. The van der Waals surface area contributed by atoms with Gasteiger partial charge < -0.3 is 0 Å². The third-order valence-electron chi connectivity index (χ3n) is 0.802. The zero-order chi connectivity index (χ0) is 7.56. The molecule has 10 heavy (non-hydrogen) atoms. The second-order valence-electron chi connectivity index (χ2n) is 1.39. The smallest absolute Gasteiger partial charge is 0.224 e. The molecule has 0 saturated heterocycles. The summed E-state index contributed by atoms with van der Waals surface area (Å²) in [6, 6.07) is 0. The average Bonchev–Trinajstić information content (AvgIpc) is 2.33. The van der Waals surface area contributed by atoms with Gasteiger partial charge >= 0.3 is 0 Å². The third kappa shape index (κ3) is 1.07. The van der Waals surface area contributed by atoms with Crippen LogP contribution in [-0.2, 0) is 0 Å². The quantitative estimate of drug-likeness (QED) is 0.433. The standard InChI is InChI=1S/C3H3ClN4O2/c4-2(5)1-3(6-9)8-10-7-1/h5,9H,(H,6,8). The van der Waals surface area contributed by atoms with Crippen molar-refractivity contribution in [2.24, 2.45) is 0 Å². The van der Waals surface area contributed by atoms with Crippen LogP contribution in [0.1, 0.15) is 5.69 Å². The molecule has 0 radical (unpaired) electrons. The minimum absolute atomic E-state index is 0.0239. The molecule has 0 aliphatic heterocycles. The first-order chi connectivity index (χ1) is 4.75. The van der Waals surface area contributed by atoms with Gasteiger partial charge in [0.2, 0.25) is 5.82 Å². The lowest BCUT2D eigenvalue weighted by atomic mass is 10.5. The van der Waals surface area contributed by atoms with Gasteiger partial charge in [0.15, 0.2) is 10.9 Å². The molecule has 54 valence electrons. The Bertz CT molecular complexity index is 246. The van der Waals surface area contributed by atoms with E-state index < -0.39 is 0 Å². The molecule has 0 amide bonds. The Morgan fingerprint density at radius 3 is 2.80 bits per heavy atom. The van der Waals surface area contributed by atoms with E-state index in [9.17, 15) is 0 Å². The molecule has 0 spiro atoms. The maximum absolute atomic E-state index is 8.29. The number of nitrogens with zero attached hydrogens (tertiary/aromatic N) is 2. The number of hydrogen-bond donors (Lipinski definition) is 3. The molecule has 3 N–H and O–H groups in total. The summed E-state index contributed by atoms with van der Waals surface area (Å²) in [6.45, 7) is 0. The zero-order valence-corrected chi connectivity index (χ0v) is 5.38. The largest absolute Gasteiger partial charge is 0.290 e. The summed E-state index contributed by atoms with van der Waals surface area (Å²) in [4.78, 5) is 0.